The van der Waals surface area contributed by atoms with Gasteiger partial charge in [-0.1, -0.05) is 42.5 Å². The molecule has 1 amide bonds. The van der Waals surface area contributed by atoms with Gasteiger partial charge in [-0.2, -0.15) is 5.10 Å². The van der Waals surface area contributed by atoms with Crippen LogP contribution in [0.15, 0.2) is 59.7 Å². The smallest absolute Gasteiger partial charge is 0.243 e. The molecular formula is C19H21N3O. The van der Waals surface area contributed by atoms with E-state index in [-0.39, 0.29) is 11.8 Å². The summed E-state index contributed by atoms with van der Waals surface area (Å²) < 4.78 is 0. The first kappa shape index (κ1) is 15.3. The topological polar surface area (TPSA) is 44.7 Å². The van der Waals surface area contributed by atoms with Crippen LogP contribution in [0, 0.1) is 5.92 Å². The van der Waals surface area contributed by atoms with Gasteiger partial charge in [0.05, 0.1) is 6.21 Å². The van der Waals surface area contributed by atoms with Gasteiger partial charge in [-0.3, -0.25) is 4.79 Å². The van der Waals surface area contributed by atoms with Crippen LogP contribution in [0.5, 0.6) is 0 Å². The summed E-state index contributed by atoms with van der Waals surface area (Å²) in [4.78, 5) is 14.1. The van der Waals surface area contributed by atoms with E-state index in [9.17, 15) is 4.79 Å². The molecule has 1 aliphatic carbocycles. The standard InChI is InChI=1S/C19H21N3O/c1-22(2)16-10-8-14(9-11-16)13-20-21-19(23)18-12-17(18)15-6-4-3-5-7-15/h3-11,13,17-18H,12H2,1-2H3,(H,21,23)/t17-,18+/m1/s1. The first-order chi connectivity index (χ1) is 11.1. The highest BCUT2D eigenvalue weighted by atomic mass is 16.2. The molecule has 0 saturated heterocycles. The molecule has 0 aromatic heterocycles. The van der Waals surface area contributed by atoms with E-state index in [4.69, 9.17) is 0 Å². The van der Waals surface area contributed by atoms with Gasteiger partial charge in [-0.15, -0.1) is 0 Å². The maximum Gasteiger partial charge on any atom is 0.243 e. The molecule has 0 unspecified atom stereocenters. The van der Waals surface area contributed by atoms with E-state index in [1.807, 2.05) is 61.5 Å². The molecule has 0 radical (unpaired) electrons. The fourth-order valence-corrected chi connectivity index (χ4v) is 2.67. The molecule has 0 spiro atoms. The fourth-order valence-electron chi connectivity index (χ4n) is 2.67. The Kier molecular flexibility index (Phi) is 4.42. The zero-order chi connectivity index (χ0) is 16.2. The molecular weight excluding hydrogens is 286 g/mol. The second-order valence-electron chi connectivity index (χ2n) is 6.08. The van der Waals surface area contributed by atoms with Gasteiger partial charge in [0.25, 0.3) is 0 Å². The molecule has 1 fully saturated rings. The molecule has 4 nitrogen and oxygen atoms in total. The van der Waals surface area contributed by atoms with Crippen LogP contribution < -0.4 is 10.3 Å². The number of hydrogen-bond donors (Lipinski definition) is 1. The Bertz CT molecular complexity index is 692. The molecule has 1 N–H and O–H groups in total. The molecule has 2 aromatic carbocycles. The van der Waals surface area contributed by atoms with Crippen molar-refractivity contribution in [1.29, 1.82) is 0 Å². The average molecular weight is 307 g/mol. The lowest BCUT2D eigenvalue weighted by molar-refractivity contribution is -0.122. The predicted molar refractivity (Wildman–Crippen MR) is 93.8 cm³/mol. The van der Waals surface area contributed by atoms with Gasteiger partial charge >= 0.3 is 0 Å². The third kappa shape index (κ3) is 3.77. The van der Waals surface area contributed by atoms with Gasteiger partial charge in [-0.25, -0.2) is 5.43 Å². The first-order valence-electron chi connectivity index (χ1n) is 7.80. The molecule has 4 heteroatoms. The summed E-state index contributed by atoms with van der Waals surface area (Å²) in [6.45, 7) is 0. The third-order valence-electron chi connectivity index (χ3n) is 4.15. The van der Waals surface area contributed by atoms with E-state index < -0.39 is 0 Å². The SMILES string of the molecule is CN(C)c1ccc(C=NNC(=O)[C@H]2C[C@@H]2c2ccccc2)cc1. The Morgan fingerprint density at radius 2 is 1.83 bits per heavy atom. The molecule has 2 atom stereocenters. The van der Waals surface area contributed by atoms with Crippen LogP contribution in [-0.4, -0.2) is 26.2 Å². The zero-order valence-corrected chi connectivity index (χ0v) is 13.4. The van der Waals surface area contributed by atoms with E-state index in [0.29, 0.717) is 5.92 Å². The van der Waals surface area contributed by atoms with E-state index in [2.05, 4.69) is 22.7 Å². The van der Waals surface area contributed by atoms with E-state index >= 15 is 0 Å². The summed E-state index contributed by atoms with van der Waals surface area (Å²) in [6.07, 6.45) is 2.58. The maximum atomic E-state index is 12.1. The minimum absolute atomic E-state index is 0.0000136. The first-order valence-corrected chi connectivity index (χ1v) is 7.80. The van der Waals surface area contributed by atoms with Crippen LogP contribution in [0.3, 0.4) is 0 Å². The lowest BCUT2D eigenvalue weighted by Gasteiger charge is -2.11. The van der Waals surface area contributed by atoms with Gasteiger partial charge in [0.2, 0.25) is 5.91 Å². The quantitative estimate of drug-likeness (QED) is 0.682. The van der Waals surface area contributed by atoms with Crippen molar-refractivity contribution in [2.24, 2.45) is 11.0 Å². The Morgan fingerprint density at radius 3 is 2.48 bits per heavy atom. The normalized spacial score (nSPS) is 19.6. The van der Waals surface area contributed by atoms with Gasteiger partial charge in [0.15, 0.2) is 0 Å². The van der Waals surface area contributed by atoms with Gasteiger partial charge in [-0.05, 0) is 35.6 Å². The monoisotopic (exact) mass is 307 g/mol. The number of carbonyl (C=O) groups excluding carboxylic acids is 1. The fraction of sp³-hybridized carbons (Fsp3) is 0.263. The van der Waals surface area contributed by atoms with Crippen LogP contribution in [0.2, 0.25) is 0 Å². The third-order valence-corrected chi connectivity index (χ3v) is 4.15. The summed E-state index contributed by atoms with van der Waals surface area (Å²) in [7, 11) is 4.00. The van der Waals surface area contributed by atoms with E-state index in [0.717, 1.165) is 17.7 Å². The number of carbonyl (C=O) groups is 1. The number of hydrazone groups is 1. The Labute approximate surface area is 136 Å². The highest BCUT2D eigenvalue weighted by molar-refractivity contribution is 5.85. The Hall–Kier alpha value is -2.62. The molecule has 2 aromatic rings. The van der Waals surface area contributed by atoms with E-state index in [1.165, 1.54) is 5.56 Å². The van der Waals surface area contributed by atoms with Crippen LogP contribution in [-0.2, 0) is 4.79 Å². The predicted octanol–water partition coefficient (Wildman–Crippen LogP) is 3.01. The molecule has 0 bridgehead atoms. The number of amides is 1. The average Bonchev–Trinajstić information content (AvgIpc) is 3.37. The second-order valence-corrected chi connectivity index (χ2v) is 6.08. The molecule has 23 heavy (non-hydrogen) atoms. The van der Waals surface area contributed by atoms with Crippen LogP contribution in [0.4, 0.5) is 5.69 Å². The summed E-state index contributed by atoms with van der Waals surface area (Å²) in [5.74, 6) is 0.386. The minimum atomic E-state index is 0.0000136. The highest BCUT2D eigenvalue weighted by Crippen LogP contribution is 2.47. The lowest BCUT2D eigenvalue weighted by atomic mass is 10.1. The number of rotatable bonds is 5. The number of hydrogen-bond acceptors (Lipinski definition) is 3. The minimum Gasteiger partial charge on any atom is -0.378 e. The molecule has 0 heterocycles. The molecule has 118 valence electrons. The molecule has 1 aliphatic rings. The van der Waals surface area contributed by atoms with Crippen molar-refractivity contribution < 1.29 is 4.79 Å². The highest BCUT2D eigenvalue weighted by Gasteiger charge is 2.43. The Morgan fingerprint density at radius 1 is 1.13 bits per heavy atom. The number of nitrogens with zero attached hydrogens (tertiary/aromatic N) is 2. The van der Waals surface area contributed by atoms with Crippen molar-refractivity contribution in [3.05, 3.63) is 65.7 Å². The summed E-state index contributed by atoms with van der Waals surface area (Å²) >= 11 is 0. The number of anilines is 1. The van der Waals surface area contributed by atoms with Crippen molar-refractivity contribution in [1.82, 2.24) is 5.43 Å². The van der Waals surface area contributed by atoms with Gasteiger partial charge in [0, 0.05) is 25.7 Å². The van der Waals surface area contributed by atoms with Crippen molar-refractivity contribution in [3.63, 3.8) is 0 Å². The zero-order valence-electron chi connectivity index (χ0n) is 13.4. The summed E-state index contributed by atoms with van der Waals surface area (Å²) in [5, 5.41) is 4.07. The largest absolute Gasteiger partial charge is 0.378 e. The van der Waals surface area contributed by atoms with Gasteiger partial charge in [0.1, 0.15) is 0 Å². The van der Waals surface area contributed by atoms with Crippen molar-refractivity contribution in [3.8, 4) is 0 Å². The van der Waals surface area contributed by atoms with Crippen molar-refractivity contribution in [2.45, 2.75) is 12.3 Å². The van der Waals surface area contributed by atoms with E-state index in [1.54, 1.807) is 6.21 Å². The maximum absolute atomic E-state index is 12.1. The van der Waals surface area contributed by atoms with Crippen molar-refractivity contribution in [2.75, 3.05) is 19.0 Å². The van der Waals surface area contributed by atoms with Gasteiger partial charge < -0.3 is 4.90 Å². The summed E-state index contributed by atoms with van der Waals surface area (Å²) in [6, 6.07) is 18.2. The van der Waals surface area contributed by atoms with Crippen LogP contribution in [0.25, 0.3) is 0 Å². The van der Waals surface area contributed by atoms with Crippen LogP contribution >= 0.6 is 0 Å². The molecule has 1 saturated carbocycles. The number of benzene rings is 2. The lowest BCUT2D eigenvalue weighted by Crippen LogP contribution is -2.20. The van der Waals surface area contributed by atoms with Crippen LogP contribution in [0.1, 0.15) is 23.5 Å². The Balaban J connectivity index is 1.51. The molecule has 3 rings (SSSR count). The number of nitrogens with one attached hydrogen (secondary N) is 1. The molecule has 0 aliphatic heterocycles. The summed E-state index contributed by atoms with van der Waals surface area (Å²) in [5.41, 5.74) is 5.98. The van der Waals surface area contributed by atoms with Crippen molar-refractivity contribution >= 4 is 17.8 Å². The second kappa shape index (κ2) is 6.65.